The summed E-state index contributed by atoms with van der Waals surface area (Å²) in [7, 11) is 0. The van der Waals surface area contributed by atoms with Crippen LogP contribution in [0.2, 0.25) is 0 Å². The molecule has 0 aliphatic carbocycles. The van der Waals surface area contributed by atoms with E-state index in [4.69, 9.17) is 5.73 Å². The molecule has 7 nitrogen and oxygen atoms in total. The molecule has 122 valence electrons. The average Bonchev–Trinajstić information content (AvgIpc) is 2.43. The van der Waals surface area contributed by atoms with Crippen LogP contribution >= 0.6 is 12.4 Å². The fourth-order valence-corrected chi connectivity index (χ4v) is 1.97. The molecule has 1 rings (SSSR count). The molecule has 1 atom stereocenters. The molecule has 0 aromatic rings. The van der Waals surface area contributed by atoms with E-state index < -0.39 is 6.04 Å². The van der Waals surface area contributed by atoms with E-state index in [2.05, 4.69) is 5.32 Å². The number of nitrogens with one attached hydrogen (secondary N) is 1. The van der Waals surface area contributed by atoms with Gasteiger partial charge in [0.2, 0.25) is 17.7 Å². The van der Waals surface area contributed by atoms with Gasteiger partial charge in [-0.15, -0.1) is 12.4 Å². The second kappa shape index (κ2) is 8.84. The third-order valence-electron chi connectivity index (χ3n) is 3.51. The standard InChI is InChI=1S/C13H24N4O3.ClH/c1-9(2)12(14)13(20)15-8-11(19)17-6-4-16(5-7-17)10(3)18;/h9,12H,4-8,14H2,1-3H3,(H,15,20);1H/t12-;/m0./s1. The highest BCUT2D eigenvalue weighted by atomic mass is 35.5. The van der Waals surface area contributed by atoms with Crippen LogP contribution in [0.5, 0.6) is 0 Å². The van der Waals surface area contributed by atoms with Crippen molar-refractivity contribution in [1.29, 1.82) is 0 Å². The van der Waals surface area contributed by atoms with Gasteiger partial charge in [-0.2, -0.15) is 0 Å². The molecular formula is C13H25ClN4O3. The van der Waals surface area contributed by atoms with Crippen molar-refractivity contribution in [2.75, 3.05) is 32.7 Å². The molecule has 0 aromatic carbocycles. The largest absolute Gasteiger partial charge is 0.346 e. The van der Waals surface area contributed by atoms with Crippen molar-refractivity contribution in [3.8, 4) is 0 Å². The summed E-state index contributed by atoms with van der Waals surface area (Å²) in [5.74, 6) is -0.397. The molecule has 0 spiro atoms. The third kappa shape index (κ3) is 5.89. The van der Waals surface area contributed by atoms with Gasteiger partial charge in [0.05, 0.1) is 12.6 Å². The van der Waals surface area contributed by atoms with E-state index in [0.717, 1.165) is 0 Å². The lowest BCUT2D eigenvalue weighted by molar-refractivity contribution is -0.138. The van der Waals surface area contributed by atoms with Gasteiger partial charge in [0.15, 0.2) is 0 Å². The summed E-state index contributed by atoms with van der Waals surface area (Å²) < 4.78 is 0. The molecule has 0 aromatic heterocycles. The van der Waals surface area contributed by atoms with E-state index >= 15 is 0 Å². The van der Waals surface area contributed by atoms with Crippen LogP contribution in [0, 0.1) is 5.92 Å². The van der Waals surface area contributed by atoms with Gasteiger partial charge in [-0.05, 0) is 5.92 Å². The summed E-state index contributed by atoms with van der Waals surface area (Å²) in [6, 6.07) is -0.600. The Balaban J connectivity index is 0.00000400. The minimum absolute atomic E-state index is 0. The number of nitrogens with zero attached hydrogens (tertiary/aromatic N) is 2. The SMILES string of the molecule is CC(=O)N1CCN(C(=O)CNC(=O)[C@@H](N)C(C)C)CC1.Cl. The van der Waals surface area contributed by atoms with Gasteiger partial charge < -0.3 is 20.9 Å². The van der Waals surface area contributed by atoms with E-state index in [1.807, 2.05) is 13.8 Å². The van der Waals surface area contributed by atoms with Crippen molar-refractivity contribution in [2.24, 2.45) is 11.7 Å². The van der Waals surface area contributed by atoms with Gasteiger partial charge in [0, 0.05) is 33.1 Å². The van der Waals surface area contributed by atoms with Crippen LogP contribution in [0.4, 0.5) is 0 Å². The lowest BCUT2D eigenvalue weighted by Crippen LogP contribution is -2.53. The summed E-state index contributed by atoms with van der Waals surface area (Å²) in [4.78, 5) is 38.1. The predicted molar refractivity (Wildman–Crippen MR) is 81.9 cm³/mol. The number of nitrogens with two attached hydrogens (primary N) is 1. The Kier molecular flexibility index (Phi) is 8.27. The predicted octanol–water partition coefficient (Wildman–Crippen LogP) is -0.802. The highest BCUT2D eigenvalue weighted by molar-refractivity contribution is 5.87. The molecule has 1 heterocycles. The molecular weight excluding hydrogens is 296 g/mol. The van der Waals surface area contributed by atoms with Crippen LogP contribution in [0.1, 0.15) is 20.8 Å². The first-order valence-corrected chi connectivity index (χ1v) is 6.89. The van der Waals surface area contributed by atoms with Crippen molar-refractivity contribution in [2.45, 2.75) is 26.8 Å². The van der Waals surface area contributed by atoms with Gasteiger partial charge in [-0.25, -0.2) is 0 Å². The fourth-order valence-electron chi connectivity index (χ4n) is 1.97. The monoisotopic (exact) mass is 320 g/mol. The maximum absolute atomic E-state index is 11.9. The van der Waals surface area contributed by atoms with Crippen molar-refractivity contribution in [3.63, 3.8) is 0 Å². The molecule has 1 aliphatic rings. The maximum Gasteiger partial charge on any atom is 0.242 e. The van der Waals surface area contributed by atoms with Gasteiger partial charge in [0.1, 0.15) is 0 Å². The van der Waals surface area contributed by atoms with E-state index in [-0.39, 0.29) is 42.6 Å². The summed E-state index contributed by atoms with van der Waals surface area (Å²) >= 11 is 0. The first kappa shape index (κ1) is 19.7. The second-order valence-electron chi connectivity index (χ2n) is 5.37. The lowest BCUT2D eigenvalue weighted by atomic mass is 10.1. The molecule has 1 aliphatic heterocycles. The molecule has 1 saturated heterocycles. The van der Waals surface area contributed by atoms with E-state index in [1.54, 1.807) is 9.80 Å². The van der Waals surface area contributed by atoms with Crippen molar-refractivity contribution < 1.29 is 14.4 Å². The van der Waals surface area contributed by atoms with Gasteiger partial charge >= 0.3 is 0 Å². The van der Waals surface area contributed by atoms with Crippen molar-refractivity contribution in [1.82, 2.24) is 15.1 Å². The molecule has 3 amide bonds. The molecule has 1 fully saturated rings. The Hall–Kier alpha value is -1.34. The van der Waals surface area contributed by atoms with Crippen LogP contribution in [-0.2, 0) is 14.4 Å². The molecule has 0 unspecified atom stereocenters. The smallest absolute Gasteiger partial charge is 0.242 e. The Morgan fingerprint density at radius 3 is 2.00 bits per heavy atom. The zero-order chi connectivity index (χ0) is 15.3. The highest BCUT2D eigenvalue weighted by Gasteiger charge is 2.23. The van der Waals surface area contributed by atoms with Gasteiger partial charge in [-0.1, -0.05) is 13.8 Å². The van der Waals surface area contributed by atoms with E-state index in [1.165, 1.54) is 6.92 Å². The minimum atomic E-state index is -0.600. The molecule has 8 heteroatoms. The van der Waals surface area contributed by atoms with Gasteiger partial charge in [0.25, 0.3) is 0 Å². The van der Waals surface area contributed by atoms with Crippen molar-refractivity contribution >= 4 is 30.1 Å². The summed E-state index contributed by atoms with van der Waals surface area (Å²) in [6.07, 6.45) is 0. The topological polar surface area (TPSA) is 95.7 Å². The Bertz CT molecular complexity index is 382. The molecule has 0 saturated carbocycles. The lowest BCUT2D eigenvalue weighted by Gasteiger charge is -2.34. The van der Waals surface area contributed by atoms with Crippen LogP contribution in [-0.4, -0.2) is 66.3 Å². The Morgan fingerprint density at radius 2 is 1.57 bits per heavy atom. The number of hydrogen-bond donors (Lipinski definition) is 2. The maximum atomic E-state index is 11.9. The van der Waals surface area contributed by atoms with E-state index in [0.29, 0.717) is 26.2 Å². The minimum Gasteiger partial charge on any atom is -0.346 e. The number of amides is 3. The highest BCUT2D eigenvalue weighted by Crippen LogP contribution is 2.02. The summed E-state index contributed by atoms with van der Waals surface area (Å²) in [6.45, 7) is 7.28. The summed E-state index contributed by atoms with van der Waals surface area (Å²) in [5.41, 5.74) is 5.70. The van der Waals surface area contributed by atoms with Crippen LogP contribution in [0.3, 0.4) is 0 Å². The number of rotatable bonds is 4. The number of hydrogen-bond acceptors (Lipinski definition) is 4. The number of carbonyl (C=O) groups excluding carboxylic acids is 3. The average molecular weight is 321 g/mol. The van der Waals surface area contributed by atoms with Crippen LogP contribution < -0.4 is 11.1 Å². The van der Waals surface area contributed by atoms with Crippen LogP contribution in [0.15, 0.2) is 0 Å². The molecule has 21 heavy (non-hydrogen) atoms. The fraction of sp³-hybridized carbons (Fsp3) is 0.769. The first-order valence-electron chi connectivity index (χ1n) is 6.89. The number of piperazine rings is 1. The molecule has 0 bridgehead atoms. The quantitative estimate of drug-likeness (QED) is 0.709. The Morgan fingerprint density at radius 1 is 1.10 bits per heavy atom. The van der Waals surface area contributed by atoms with Crippen LogP contribution in [0.25, 0.3) is 0 Å². The zero-order valence-corrected chi connectivity index (χ0v) is 13.6. The Labute approximate surface area is 131 Å². The zero-order valence-electron chi connectivity index (χ0n) is 12.8. The third-order valence-corrected chi connectivity index (χ3v) is 3.51. The van der Waals surface area contributed by atoms with Crippen molar-refractivity contribution in [3.05, 3.63) is 0 Å². The van der Waals surface area contributed by atoms with E-state index in [9.17, 15) is 14.4 Å². The number of halogens is 1. The first-order chi connectivity index (χ1) is 9.32. The number of carbonyl (C=O) groups is 3. The second-order valence-corrected chi connectivity index (χ2v) is 5.37. The molecule has 0 radical (unpaired) electrons. The van der Waals surface area contributed by atoms with Gasteiger partial charge in [-0.3, -0.25) is 14.4 Å². The molecule has 3 N–H and O–H groups in total. The summed E-state index contributed by atoms with van der Waals surface area (Å²) in [5, 5.41) is 2.56. The normalized spacial score (nSPS) is 16.2.